The molecular formula is C11H11N3O2. The van der Waals surface area contributed by atoms with Crippen LogP contribution in [0.3, 0.4) is 0 Å². The van der Waals surface area contributed by atoms with E-state index < -0.39 is 6.09 Å². The molecule has 0 bridgehead atoms. The Bertz CT molecular complexity index is 519. The third-order valence-corrected chi connectivity index (χ3v) is 2.12. The van der Waals surface area contributed by atoms with Gasteiger partial charge in [-0.05, 0) is 24.6 Å². The van der Waals surface area contributed by atoms with Crippen LogP contribution in [-0.4, -0.2) is 21.0 Å². The monoisotopic (exact) mass is 217 g/mol. The van der Waals surface area contributed by atoms with Gasteiger partial charge in [-0.15, -0.1) is 0 Å². The van der Waals surface area contributed by atoms with Crippen LogP contribution >= 0.6 is 0 Å². The number of nitrogens with one attached hydrogen (secondary N) is 1. The molecule has 0 saturated heterocycles. The third kappa shape index (κ3) is 2.03. The summed E-state index contributed by atoms with van der Waals surface area (Å²) in [5, 5.41) is 15.0. The van der Waals surface area contributed by atoms with E-state index in [0.29, 0.717) is 5.82 Å². The van der Waals surface area contributed by atoms with Gasteiger partial charge in [0.2, 0.25) is 0 Å². The van der Waals surface area contributed by atoms with Crippen molar-refractivity contribution in [2.24, 2.45) is 0 Å². The molecule has 0 atom stereocenters. The summed E-state index contributed by atoms with van der Waals surface area (Å²) in [6.45, 7) is 1.97. The predicted octanol–water partition coefficient (Wildman–Crippen LogP) is 2.27. The van der Waals surface area contributed by atoms with Crippen molar-refractivity contribution in [1.82, 2.24) is 9.78 Å². The Morgan fingerprint density at radius 1 is 1.44 bits per heavy atom. The summed E-state index contributed by atoms with van der Waals surface area (Å²) in [6.07, 6.45) is 0.447. The highest BCUT2D eigenvalue weighted by Gasteiger charge is 2.06. The summed E-state index contributed by atoms with van der Waals surface area (Å²) in [5.41, 5.74) is 1.92. The fourth-order valence-corrected chi connectivity index (χ4v) is 1.47. The van der Waals surface area contributed by atoms with E-state index in [9.17, 15) is 4.79 Å². The second-order valence-electron chi connectivity index (χ2n) is 3.40. The molecule has 0 radical (unpaired) electrons. The van der Waals surface area contributed by atoms with Crippen molar-refractivity contribution >= 4 is 11.9 Å². The van der Waals surface area contributed by atoms with E-state index in [1.807, 2.05) is 31.2 Å². The van der Waals surface area contributed by atoms with Crippen LogP contribution in [0.4, 0.5) is 10.6 Å². The Morgan fingerprint density at radius 3 is 2.94 bits per heavy atom. The summed E-state index contributed by atoms with van der Waals surface area (Å²) in [4.78, 5) is 10.6. The van der Waals surface area contributed by atoms with Gasteiger partial charge >= 0.3 is 6.09 Å². The molecule has 0 unspecified atom stereocenters. The SMILES string of the molecule is Cc1cccc(-n2nccc2NC(=O)O)c1. The number of hydrogen-bond donors (Lipinski definition) is 2. The van der Waals surface area contributed by atoms with Gasteiger partial charge < -0.3 is 5.11 Å². The second kappa shape index (κ2) is 4.06. The molecule has 1 heterocycles. The van der Waals surface area contributed by atoms with E-state index in [1.54, 1.807) is 16.9 Å². The zero-order chi connectivity index (χ0) is 11.5. The van der Waals surface area contributed by atoms with Gasteiger partial charge in [0.05, 0.1) is 11.9 Å². The molecule has 0 saturated carbocycles. The van der Waals surface area contributed by atoms with E-state index >= 15 is 0 Å². The van der Waals surface area contributed by atoms with Crippen LogP contribution in [-0.2, 0) is 0 Å². The van der Waals surface area contributed by atoms with Gasteiger partial charge in [-0.2, -0.15) is 5.10 Å². The van der Waals surface area contributed by atoms with Gasteiger partial charge in [-0.1, -0.05) is 12.1 Å². The van der Waals surface area contributed by atoms with E-state index in [-0.39, 0.29) is 0 Å². The Kier molecular flexibility index (Phi) is 2.59. The van der Waals surface area contributed by atoms with Gasteiger partial charge in [0.1, 0.15) is 5.82 Å². The highest BCUT2D eigenvalue weighted by atomic mass is 16.4. The van der Waals surface area contributed by atoms with Crippen molar-refractivity contribution in [1.29, 1.82) is 0 Å². The minimum Gasteiger partial charge on any atom is -0.465 e. The number of nitrogens with zero attached hydrogens (tertiary/aromatic N) is 2. The largest absolute Gasteiger partial charge is 0.465 e. The molecule has 0 fully saturated rings. The summed E-state index contributed by atoms with van der Waals surface area (Å²) >= 11 is 0. The highest BCUT2D eigenvalue weighted by molar-refractivity contribution is 5.81. The number of rotatable bonds is 2. The second-order valence-corrected chi connectivity index (χ2v) is 3.40. The number of anilines is 1. The number of benzene rings is 1. The fraction of sp³-hybridized carbons (Fsp3) is 0.0909. The topological polar surface area (TPSA) is 67.2 Å². The lowest BCUT2D eigenvalue weighted by molar-refractivity contribution is 0.209. The number of hydrogen-bond acceptors (Lipinski definition) is 2. The standard InChI is InChI=1S/C11H11N3O2/c1-8-3-2-4-9(7-8)14-10(5-6-12-14)13-11(15)16/h2-7,13H,1H3,(H,15,16). The van der Waals surface area contributed by atoms with E-state index in [1.165, 1.54) is 0 Å². The Balaban J connectivity index is 2.40. The molecule has 0 aliphatic heterocycles. The van der Waals surface area contributed by atoms with Crippen molar-refractivity contribution in [3.63, 3.8) is 0 Å². The first-order valence-corrected chi connectivity index (χ1v) is 4.78. The van der Waals surface area contributed by atoms with E-state index in [4.69, 9.17) is 5.11 Å². The Labute approximate surface area is 92.3 Å². The van der Waals surface area contributed by atoms with Crippen LogP contribution in [0.2, 0.25) is 0 Å². The molecule has 0 spiro atoms. The lowest BCUT2D eigenvalue weighted by atomic mass is 10.2. The quantitative estimate of drug-likeness (QED) is 0.810. The molecule has 0 aliphatic carbocycles. The van der Waals surface area contributed by atoms with Crippen LogP contribution in [0.1, 0.15) is 5.56 Å². The maximum atomic E-state index is 10.6. The molecule has 5 nitrogen and oxygen atoms in total. The maximum Gasteiger partial charge on any atom is 0.410 e. The smallest absolute Gasteiger partial charge is 0.410 e. The van der Waals surface area contributed by atoms with Gasteiger partial charge in [0, 0.05) is 6.07 Å². The van der Waals surface area contributed by atoms with Gasteiger partial charge in [-0.25, -0.2) is 9.48 Å². The van der Waals surface area contributed by atoms with Crippen molar-refractivity contribution in [3.8, 4) is 5.69 Å². The molecule has 82 valence electrons. The number of aryl methyl sites for hydroxylation is 1. The molecule has 1 aromatic carbocycles. The minimum absolute atomic E-state index is 0.429. The summed E-state index contributed by atoms with van der Waals surface area (Å²) in [7, 11) is 0. The van der Waals surface area contributed by atoms with E-state index in [2.05, 4.69) is 10.4 Å². The van der Waals surface area contributed by atoms with Crippen LogP contribution in [0.15, 0.2) is 36.5 Å². The number of aromatic nitrogens is 2. The van der Waals surface area contributed by atoms with Crippen LogP contribution in [0.5, 0.6) is 0 Å². The normalized spacial score (nSPS) is 10.1. The summed E-state index contributed by atoms with van der Waals surface area (Å²) in [5.74, 6) is 0.429. The summed E-state index contributed by atoms with van der Waals surface area (Å²) < 4.78 is 1.54. The molecule has 2 aromatic rings. The average Bonchev–Trinajstić information content (AvgIpc) is 2.65. The van der Waals surface area contributed by atoms with Crippen molar-refractivity contribution in [3.05, 3.63) is 42.1 Å². The first kappa shape index (κ1) is 10.2. The summed E-state index contributed by atoms with van der Waals surface area (Å²) in [6, 6.07) is 9.28. The third-order valence-electron chi connectivity index (χ3n) is 2.12. The lowest BCUT2D eigenvalue weighted by Gasteiger charge is -2.07. The zero-order valence-corrected chi connectivity index (χ0v) is 8.71. The van der Waals surface area contributed by atoms with Crippen LogP contribution in [0.25, 0.3) is 5.69 Å². The molecule has 0 aliphatic rings. The van der Waals surface area contributed by atoms with Crippen molar-refractivity contribution in [2.75, 3.05) is 5.32 Å². The molecule has 2 rings (SSSR count). The zero-order valence-electron chi connectivity index (χ0n) is 8.71. The van der Waals surface area contributed by atoms with Crippen molar-refractivity contribution in [2.45, 2.75) is 6.92 Å². The van der Waals surface area contributed by atoms with Crippen LogP contribution in [0, 0.1) is 6.92 Å². The molecule has 1 amide bonds. The molecule has 16 heavy (non-hydrogen) atoms. The molecule has 2 N–H and O–H groups in total. The minimum atomic E-state index is -1.10. The molecule has 1 aromatic heterocycles. The number of carboxylic acid groups (broad SMARTS) is 1. The highest BCUT2D eigenvalue weighted by Crippen LogP contribution is 2.15. The number of carbonyl (C=O) groups is 1. The Hall–Kier alpha value is -2.30. The van der Waals surface area contributed by atoms with Gasteiger partial charge in [0.25, 0.3) is 0 Å². The maximum absolute atomic E-state index is 10.6. The predicted molar refractivity (Wildman–Crippen MR) is 59.9 cm³/mol. The average molecular weight is 217 g/mol. The first-order chi connectivity index (χ1) is 7.66. The van der Waals surface area contributed by atoms with Crippen LogP contribution < -0.4 is 5.32 Å². The molecular weight excluding hydrogens is 206 g/mol. The van der Waals surface area contributed by atoms with Gasteiger partial charge in [0.15, 0.2) is 0 Å². The Morgan fingerprint density at radius 2 is 2.25 bits per heavy atom. The van der Waals surface area contributed by atoms with E-state index in [0.717, 1.165) is 11.3 Å². The first-order valence-electron chi connectivity index (χ1n) is 4.78. The molecule has 5 heteroatoms. The fourth-order valence-electron chi connectivity index (χ4n) is 1.47. The van der Waals surface area contributed by atoms with Crippen molar-refractivity contribution < 1.29 is 9.90 Å². The lowest BCUT2D eigenvalue weighted by Crippen LogP contribution is -2.11. The number of amides is 1. The van der Waals surface area contributed by atoms with Gasteiger partial charge in [-0.3, -0.25) is 5.32 Å².